The van der Waals surface area contributed by atoms with Crippen LogP contribution in [-0.2, 0) is 0 Å². The molecule has 2 unspecified atom stereocenters. The smallest absolute Gasteiger partial charge is 0.132 e. The molecule has 0 amide bonds. The van der Waals surface area contributed by atoms with Gasteiger partial charge in [-0.1, -0.05) is 32.3 Å². The Kier molecular flexibility index (Phi) is 6.16. The summed E-state index contributed by atoms with van der Waals surface area (Å²) < 4.78 is 28.7. The van der Waals surface area contributed by atoms with Crippen LogP contribution in [0.15, 0.2) is 12.1 Å². The van der Waals surface area contributed by atoms with Crippen molar-refractivity contribution in [1.29, 1.82) is 0 Å². The molecule has 1 nitrogen and oxygen atoms in total. The van der Waals surface area contributed by atoms with Crippen LogP contribution in [0.2, 0.25) is 0 Å². The quantitative estimate of drug-likeness (QED) is 0.599. The molecule has 0 saturated heterocycles. The lowest BCUT2D eigenvalue weighted by molar-refractivity contribution is 0.356. The van der Waals surface area contributed by atoms with Gasteiger partial charge < -0.3 is 5.32 Å². The van der Waals surface area contributed by atoms with E-state index in [-0.39, 0.29) is 17.6 Å². The molecule has 0 spiro atoms. The number of rotatable bonds is 5. The summed E-state index contributed by atoms with van der Waals surface area (Å²) in [5, 5.41) is 3.44. The summed E-state index contributed by atoms with van der Waals surface area (Å²) in [5.41, 5.74) is 0.885. The molecule has 1 saturated carbocycles. The lowest BCUT2D eigenvalue weighted by Crippen LogP contribution is -2.28. The van der Waals surface area contributed by atoms with Gasteiger partial charge in [-0.2, -0.15) is 0 Å². The third-order valence-electron chi connectivity index (χ3n) is 4.68. The summed E-state index contributed by atoms with van der Waals surface area (Å²) in [4.78, 5) is 0. The van der Waals surface area contributed by atoms with Gasteiger partial charge in [-0.05, 0) is 62.7 Å². The van der Waals surface area contributed by atoms with E-state index in [9.17, 15) is 8.78 Å². The first-order chi connectivity index (χ1) is 10.1. The molecule has 118 valence electrons. The van der Waals surface area contributed by atoms with Crippen LogP contribution < -0.4 is 5.32 Å². The molecule has 0 aliphatic heterocycles. The molecule has 1 aromatic rings. The molecule has 2 rings (SSSR count). The fourth-order valence-electron chi connectivity index (χ4n) is 3.49. The van der Waals surface area contributed by atoms with Gasteiger partial charge in [0.15, 0.2) is 0 Å². The van der Waals surface area contributed by atoms with Crippen molar-refractivity contribution in [3.05, 3.63) is 34.9 Å². The summed E-state index contributed by atoms with van der Waals surface area (Å²) in [6, 6.07) is 2.96. The molecule has 0 radical (unpaired) electrons. The summed E-state index contributed by atoms with van der Waals surface area (Å²) in [6.45, 7) is 5.70. The van der Waals surface area contributed by atoms with Gasteiger partial charge in [0.25, 0.3) is 0 Å². The van der Waals surface area contributed by atoms with Crippen molar-refractivity contribution in [2.24, 2.45) is 5.92 Å². The molecule has 1 N–H and O–H groups in total. The summed E-state index contributed by atoms with van der Waals surface area (Å²) in [6.07, 6.45) is 6.47. The van der Waals surface area contributed by atoms with Crippen LogP contribution in [0.4, 0.5) is 8.78 Å². The van der Waals surface area contributed by atoms with Crippen LogP contribution in [0.1, 0.15) is 62.5 Å². The zero-order valence-corrected chi connectivity index (χ0v) is 13.2. The summed E-state index contributed by atoms with van der Waals surface area (Å²) >= 11 is 0. The minimum atomic E-state index is -0.370. The van der Waals surface area contributed by atoms with Crippen molar-refractivity contribution in [3.8, 4) is 0 Å². The van der Waals surface area contributed by atoms with Crippen molar-refractivity contribution < 1.29 is 8.78 Å². The third-order valence-corrected chi connectivity index (χ3v) is 4.68. The van der Waals surface area contributed by atoms with Crippen molar-refractivity contribution in [2.75, 3.05) is 13.1 Å². The maximum atomic E-state index is 14.5. The molecule has 0 heterocycles. The van der Waals surface area contributed by atoms with E-state index in [2.05, 4.69) is 12.2 Å². The Hall–Kier alpha value is -0.960. The summed E-state index contributed by atoms with van der Waals surface area (Å²) in [7, 11) is 0. The molecule has 1 aromatic carbocycles. The fraction of sp³-hybridized carbons (Fsp3) is 0.667. The second kappa shape index (κ2) is 7.88. The average molecular weight is 295 g/mol. The zero-order valence-electron chi connectivity index (χ0n) is 13.2. The maximum Gasteiger partial charge on any atom is 0.132 e. The molecule has 2 atom stereocenters. The number of hydrogen-bond donors (Lipinski definition) is 1. The highest BCUT2D eigenvalue weighted by Gasteiger charge is 2.29. The van der Waals surface area contributed by atoms with Crippen molar-refractivity contribution in [1.82, 2.24) is 5.32 Å². The first-order valence-corrected chi connectivity index (χ1v) is 8.30. The lowest BCUT2D eigenvalue weighted by Gasteiger charge is -2.27. The Morgan fingerprint density at radius 1 is 1.14 bits per heavy atom. The van der Waals surface area contributed by atoms with Gasteiger partial charge in [-0.15, -0.1) is 0 Å². The molecular formula is C18H27F2N. The van der Waals surface area contributed by atoms with Gasteiger partial charge in [0.2, 0.25) is 0 Å². The van der Waals surface area contributed by atoms with E-state index in [4.69, 9.17) is 0 Å². The van der Waals surface area contributed by atoms with E-state index in [1.807, 2.05) is 0 Å². The highest BCUT2D eigenvalue weighted by atomic mass is 19.1. The van der Waals surface area contributed by atoms with Gasteiger partial charge in [0.05, 0.1) is 0 Å². The van der Waals surface area contributed by atoms with Crippen LogP contribution in [0, 0.1) is 24.5 Å². The predicted octanol–water partition coefficient (Wildman–Crippen LogP) is 4.94. The van der Waals surface area contributed by atoms with Crippen LogP contribution in [0.5, 0.6) is 0 Å². The Morgan fingerprint density at radius 2 is 1.90 bits per heavy atom. The Labute approximate surface area is 127 Å². The number of halogens is 2. The maximum absolute atomic E-state index is 14.5. The highest BCUT2D eigenvalue weighted by Crippen LogP contribution is 2.39. The Bertz CT molecular complexity index is 459. The van der Waals surface area contributed by atoms with Crippen LogP contribution in [-0.4, -0.2) is 13.1 Å². The van der Waals surface area contributed by atoms with Crippen LogP contribution in [0.3, 0.4) is 0 Å². The topological polar surface area (TPSA) is 12.0 Å². The van der Waals surface area contributed by atoms with Crippen molar-refractivity contribution in [2.45, 2.75) is 58.3 Å². The standard InChI is InChI=1S/C18H27F2N/c1-3-11-21-12-14-7-5-4-6-8-15(14)17-16(19)10-9-13(2)18(17)20/h9-10,14-15,21H,3-8,11-12H2,1-2H3. The first kappa shape index (κ1) is 16.4. The first-order valence-electron chi connectivity index (χ1n) is 8.30. The van der Waals surface area contributed by atoms with Gasteiger partial charge in [0.1, 0.15) is 11.6 Å². The highest BCUT2D eigenvalue weighted by molar-refractivity contribution is 5.30. The van der Waals surface area contributed by atoms with E-state index < -0.39 is 0 Å². The normalized spacial score (nSPS) is 23.0. The fourth-order valence-corrected chi connectivity index (χ4v) is 3.49. The SMILES string of the molecule is CCCNCC1CCCCCC1c1c(F)ccc(C)c1F. The minimum absolute atomic E-state index is 0.0109. The monoisotopic (exact) mass is 295 g/mol. The number of aryl methyl sites for hydroxylation is 1. The molecule has 1 fully saturated rings. The predicted molar refractivity (Wildman–Crippen MR) is 83.6 cm³/mol. The van der Waals surface area contributed by atoms with E-state index in [0.717, 1.165) is 38.8 Å². The van der Waals surface area contributed by atoms with Gasteiger partial charge >= 0.3 is 0 Å². The number of hydrogen-bond acceptors (Lipinski definition) is 1. The van der Waals surface area contributed by atoms with Gasteiger partial charge in [0, 0.05) is 5.56 Å². The summed E-state index contributed by atoms with van der Waals surface area (Å²) in [5.74, 6) is -0.352. The van der Waals surface area contributed by atoms with E-state index in [0.29, 0.717) is 17.0 Å². The average Bonchev–Trinajstić information content (AvgIpc) is 2.70. The molecule has 0 aromatic heterocycles. The largest absolute Gasteiger partial charge is 0.316 e. The second-order valence-electron chi connectivity index (χ2n) is 6.30. The van der Waals surface area contributed by atoms with E-state index >= 15 is 0 Å². The lowest BCUT2D eigenvalue weighted by atomic mass is 9.81. The van der Waals surface area contributed by atoms with Gasteiger partial charge in [-0.3, -0.25) is 0 Å². The number of nitrogens with one attached hydrogen (secondary N) is 1. The Balaban J connectivity index is 2.25. The van der Waals surface area contributed by atoms with Gasteiger partial charge in [-0.25, -0.2) is 8.78 Å². The molecule has 0 bridgehead atoms. The molecule has 3 heteroatoms. The molecule has 21 heavy (non-hydrogen) atoms. The molecule has 1 aliphatic carbocycles. The minimum Gasteiger partial charge on any atom is -0.316 e. The molecular weight excluding hydrogens is 268 g/mol. The van der Waals surface area contributed by atoms with Crippen LogP contribution in [0.25, 0.3) is 0 Å². The number of benzene rings is 1. The van der Waals surface area contributed by atoms with Crippen molar-refractivity contribution in [3.63, 3.8) is 0 Å². The third kappa shape index (κ3) is 4.03. The van der Waals surface area contributed by atoms with Crippen LogP contribution >= 0.6 is 0 Å². The Morgan fingerprint density at radius 3 is 2.67 bits per heavy atom. The van der Waals surface area contributed by atoms with Crippen molar-refractivity contribution >= 4 is 0 Å². The van der Waals surface area contributed by atoms with E-state index in [1.165, 1.54) is 25.0 Å². The second-order valence-corrected chi connectivity index (χ2v) is 6.30. The molecule has 1 aliphatic rings. The zero-order chi connectivity index (χ0) is 15.2. The van der Waals surface area contributed by atoms with E-state index in [1.54, 1.807) is 6.92 Å².